The van der Waals surface area contributed by atoms with Gasteiger partial charge in [-0.1, -0.05) is 18.2 Å². The lowest BCUT2D eigenvalue weighted by Crippen LogP contribution is -2.59. The van der Waals surface area contributed by atoms with E-state index in [1.807, 2.05) is 0 Å². The first-order valence-corrected chi connectivity index (χ1v) is 7.60. The van der Waals surface area contributed by atoms with Crippen molar-refractivity contribution in [1.29, 1.82) is 0 Å². The van der Waals surface area contributed by atoms with Gasteiger partial charge in [0.25, 0.3) is 5.91 Å². The number of hydrazone groups is 1. The number of anilines is 1. The average Bonchev–Trinajstić information content (AvgIpc) is 3.14. The lowest BCUT2D eigenvalue weighted by Gasteiger charge is -2.29. The van der Waals surface area contributed by atoms with Crippen LogP contribution in [0.5, 0.6) is 0 Å². The van der Waals surface area contributed by atoms with E-state index in [1.165, 1.54) is 18.4 Å². The monoisotopic (exact) mass is 354 g/mol. The quantitative estimate of drug-likeness (QED) is 0.485. The number of rotatable bonds is 4. The van der Waals surface area contributed by atoms with E-state index in [0.717, 1.165) is 11.1 Å². The predicted molar refractivity (Wildman–Crippen MR) is 90.4 cm³/mol. The number of furan rings is 1. The SMILES string of the molecule is Cc1ccccc1N1C(=O)NC(=O)[C@@H](/C=N\NC(=O)c2ccco2)C1=O. The van der Waals surface area contributed by atoms with E-state index in [0.29, 0.717) is 11.3 Å². The van der Waals surface area contributed by atoms with Crippen molar-refractivity contribution in [3.63, 3.8) is 0 Å². The second-order valence-electron chi connectivity index (χ2n) is 5.43. The summed E-state index contributed by atoms with van der Waals surface area (Å²) >= 11 is 0. The van der Waals surface area contributed by atoms with Gasteiger partial charge in [-0.3, -0.25) is 19.7 Å². The Hall–Kier alpha value is -3.75. The van der Waals surface area contributed by atoms with E-state index in [9.17, 15) is 19.2 Å². The van der Waals surface area contributed by atoms with Gasteiger partial charge in [0.2, 0.25) is 5.91 Å². The number of hydrogen-bond acceptors (Lipinski definition) is 6. The third kappa shape index (κ3) is 3.22. The van der Waals surface area contributed by atoms with Crippen molar-refractivity contribution < 1.29 is 23.6 Å². The molecule has 1 aliphatic heterocycles. The van der Waals surface area contributed by atoms with E-state index in [2.05, 4.69) is 15.8 Å². The van der Waals surface area contributed by atoms with Crippen LogP contribution in [-0.4, -0.2) is 30.0 Å². The minimum atomic E-state index is -1.36. The summed E-state index contributed by atoms with van der Waals surface area (Å²) in [5, 5.41) is 5.73. The van der Waals surface area contributed by atoms with Gasteiger partial charge in [0.05, 0.1) is 12.0 Å². The maximum absolute atomic E-state index is 12.6. The van der Waals surface area contributed by atoms with E-state index in [-0.39, 0.29) is 5.76 Å². The smallest absolute Gasteiger partial charge is 0.335 e. The fourth-order valence-electron chi connectivity index (χ4n) is 2.40. The molecule has 9 nitrogen and oxygen atoms in total. The fourth-order valence-corrected chi connectivity index (χ4v) is 2.40. The van der Waals surface area contributed by atoms with Crippen LogP contribution in [0.1, 0.15) is 16.1 Å². The fraction of sp³-hybridized carbons (Fsp3) is 0.118. The zero-order valence-corrected chi connectivity index (χ0v) is 13.6. The summed E-state index contributed by atoms with van der Waals surface area (Å²) < 4.78 is 4.90. The van der Waals surface area contributed by atoms with Gasteiger partial charge in [0.15, 0.2) is 11.7 Å². The van der Waals surface area contributed by atoms with Crippen LogP contribution >= 0.6 is 0 Å². The molecule has 3 rings (SSSR count). The number of aryl methyl sites for hydroxylation is 1. The predicted octanol–water partition coefficient (Wildman–Crippen LogP) is 1.20. The summed E-state index contributed by atoms with van der Waals surface area (Å²) in [4.78, 5) is 49.3. The number of urea groups is 1. The van der Waals surface area contributed by atoms with Crippen LogP contribution in [0, 0.1) is 12.8 Å². The molecule has 132 valence electrons. The number of barbiturate groups is 1. The lowest BCUT2D eigenvalue weighted by atomic mass is 10.0. The van der Waals surface area contributed by atoms with Crippen LogP contribution in [0.15, 0.2) is 52.2 Å². The van der Waals surface area contributed by atoms with Crippen molar-refractivity contribution >= 4 is 35.7 Å². The first-order chi connectivity index (χ1) is 12.5. The van der Waals surface area contributed by atoms with Gasteiger partial charge < -0.3 is 4.42 Å². The van der Waals surface area contributed by atoms with Gasteiger partial charge in [-0.05, 0) is 30.7 Å². The second kappa shape index (κ2) is 7.01. The maximum Gasteiger partial charge on any atom is 0.335 e. The molecule has 1 atom stereocenters. The number of imide groups is 2. The Kier molecular flexibility index (Phi) is 4.61. The largest absolute Gasteiger partial charge is 0.459 e. The van der Waals surface area contributed by atoms with E-state index in [4.69, 9.17) is 4.42 Å². The molecule has 26 heavy (non-hydrogen) atoms. The average molecular weight is 354 g/mol. The molecule has 0 unspecified atom stereocenters. The van der Waals surface area contributed by atoms with Crippen LogP contribution in [0.2, 0.25) is 0 Å². The first kappa shape index (κ1) is 17.1. The first-order valence-electron chi connectivity index (χ1n) is 7.60. The minimum Gasteiger partial charge on any atom is -0.459 e. The van der Waals surface area contributed by atoms with Crippen LogP contribution in [0.4, 0.5) is 10.5 Å². The highest BCUT2D eigenvalue weighted by Crippen LogP contribution is 2.23. The molecule has 1 aliphatic rings. The minimum absolute atomic E-state index is 0.0262. The molecule has 9 heteroatoms. The van der Waals surface area contributed by atoms with Gasteiger partial charge in [0.1, 0.15) is 0 Å². The molecule has 5 amide bonds. The summed E-state index contributed by atoms with van der Waals surface area (Å²) in [7, 11) is 0. The van der Waals surface area contributed by atoms with Gasteiger partial charge in [-0.2, -0.15) is 5.10 Å². The van der Waals surface area contributed by atoms with Crippen molar-refractivity contribution in [3.8, 4) is 0 Å². The second-order valence-corrected chi connectivity index (χ2v) is 5.43. The molecular weight excluding hydrogens is 340 g/mol. The highest BCUT2D eigenvalue weighted by Gasteiger charge is 2.40. The van der Waals surface area contributed by atoms with Crippen LogP contribution in [0.25, 0.3) is 0 Å². The standard InChI is InChI=1S/C17H14N4O5/c1-10-5-2-3-6-12(10)21-16(24)11(14(22)19-17(21)25)9-18-20-15(23)13-7-4-8-26-13/h2-9,11H,1H3,(H,20,23)(H,19,22,25)/b18-9-/t11-/m1/s1. The Morgan fingerprint density at radius 3 is 2.69 bits per heavy atom. The molecule has 2 heterocycles. The summed E-state index contributed by atoms with van der Waals surface area (Å²) in [6.45, 7) is 1.74. The molecule has 0 saturated carbocycles. The Balaban J connectivity index is 1.78. The highest BCUT2D eigenvalue weighted by molar-refractivity contribution is 6.32. The Morgan fingerprint density at radius 2 is 2.00 bits per heavy atom. The molecule has 2 aromatic rings. The molecular formula is C17H14N4O5. The number of para-hydroxylation sites is 1. The zero-order chi connectivity index (χ0) is 18.7. The van der Waals surface area contributed by atoms with Crippen molar-refractivity contribution in [2.45, 2.75) is 6.92 Å². The summed E-state index contributed by atoms with van der Waals surface area (Å²) in [6.07, 6.45) is 2.29. The van der Waals surface area contributed by atoms with Gasteiger partial charge in [0, 0.05) is 6.21 Å². The zero-order valence-electron chi connectivity index (χ0n) is 13.6. The molecule has 1 fully saturated rings. The molecule has 1 aromatic carbocycles. The van der Waals surface area contributed by atoms with Gasteiger partial charge >= 0.3 is 11.9 Å². The molecule has 1 saturated heterocycles. The number of amides is 5. The molecule has 1 aromatic heterocycles. The molecule has 0 aliphatic carbocycles. The number of nitrogens with one attached hydrogen (secondary N) is 2. The van der Waals surface area contributed by atoms with Crippen molar-refractivity contribution in [2.24, 2.45) is 11.0 Å². The van der Waals surface area contributed by atoms with E-state index in [1.54, 1.807) is 31.2 Å². The Labute approximate surface area is 147 Å². The van der Waals surface area contributed by atoms with Crippen molar-refractivity contribution in [2.75, 3.05) is 4.90 Å². The molecule has 0 radical (unpaired) electrons. The number of hydrogen-bond donors (Lipinski definition) is 2. The highest BCUT2D eigenvalue weighted by atomic mass is 16.3. The Bertz CT molecular complexity index is 904. The van der Waals surface area contributed by atoms with E-state index < -0.39 is 29.7 Å². The number of benzene rings is 1. The summed E-state index contributed by atoms with van der Waals surface area (Å²) in [6, 6.07) is 8.89. The number of carbonyl (C=O) groups excluding carboxylic acids is 4. The van der Waals surface area contributed by atoms with E-state index >= 15 is 0 Å². The van der Waals surface area contributed by atoms with Crippen molar-refractivity contribution in [3.05, 3.63) is 54.0 Å². The molecule has 2 N–H and O–H groups in total. The number of carbonyl (C=O) groups is 4. The summed E-state index contributed by atoms with van der Waals surface area (Å²) in [5.74, 6) is -3.55. The van der Waals surface area contributed by atoms with Crippen molar-refractivity contribution in [1.82, 2.24) is 10.7 Å². The van der Waals surface area contributed by atoms with Crippen LogP contribution in [0.3, 0.4) is 0 Å². The Morgan fingerprint density at radius 1 is 1.23 bits per heavy atom. The molecule has 0 bridgehead atoms. The van der Waals surface area contributed by atoms with Crippen LogP contribution < -0.4 is 15.6 Å². The maximum atomic E-state index is 12.6. The normalized spacial score (nSPS) is 17.5. The molecule has 0 spiro atoms. The lowest BCUT2D eigenvalue weighted by molar-refractivity contribution is -0.131. The topological polar surface area (TPSA) is 121 Å². The van der Waals surface area contributed by atoms with Gasteiger partial charge in [-0.15, -0.1) is 0 Å². The van der Waals surface area contributed by atoms with Gasteiger partial charge in [-0.25, -0.2) is 15.1 Å². The number of nitrogens with zero attached hydrogens (tertiary/aromatic N) is 2. The third-order valence-corrected chi connectivity index (χ3v) is 3.69. The van der Waals surface area contributed by atoms with Crippen LogP contribution in [-0.2, 0) is 9.59 Å². The summed E-state index contributed by atoms with van der Waals surface area (Å²) in [5.41, 5.74) is 3.20. The third-order valence-electron chi connectivity index (χ3n) is 3.69.